The maximum atomic E-state index is 13.4. The summed E-state index contributed by atoms with van der Waals surface area (Å²) < 4.78 is 43.4. The lowest BCUT2D eigenvalue weighted by atomic mass is 10.2. The van der Waals surface area contributed by atoms with Gasteiger partial charge in [0.15, 0.2) is 0 Å². The van der Waals surface area contributed by atoms with E-state index >= 15 is 0 Å². The number of amides is 1. The number of nitrogens with zero attached hydrogens (tertiary/aromatic N) is 1. The third-order valence-electron chi connectivity index (χ3n) is 4.72. The fourth-order valence-electron chi connectivity index (χ4n) is 3.07. The molecule has 1 amide bonds. The summed E-state index contributed by atoms with van der Waals surface area (Å²) in [6, 6.07) is 17.2. The highest BCUT2D eigenvalue weighted by Gasteiger charge is 2.28. The molecule has 0 aromatic heterocycles. The second kappa shape index (κ2) is 10.5. The molecular formula is C23H23ClN2O6S. The average molecular weight is 491 g/mol. The summed E-state index contributed by atoms with van der Waals surface area (Å²) >= 11 is 6.23. The minimum absolute atomic E-state index is 0.0340. The van der Waals surface area contributed by atoms with Gasteiger partial charge in [-0.2, -0.15) is 0 Å². The quantitative estimate of drug-likeness (QED) is 0.483. The molecule has 1 N–H and O–H groups in total. The van der Waals surface area contributed by atoms with Gasteiger partial charge in [0.05, 0.1) is 42.6 Å². The molecular weight excluding hydrogens is 468 g/mol. The molecule has 0 bridgehead atoms. The van der Waals surface area contributed by atoms with E-state index in [1.165, 1.54) is 51.7 Å². The smallest absolute Gasteiger partial charge is 0.264 e. The van der Waals surface area contributed by atoms with Gasteiger partial charge in [0.1, 0.15) is 23.8 Å². The summed E-state index contributed by atoms with van der Waals surface area (Å²) in [5.41, 5.74) is 0.578. The van der Waals surface area contributed by atoms with Crippen molar-refractivity contribution in [1.82, 2.24) is 0 Å². The van der Waals surface area contributed by atoms with Crippen molar-refractivity contribution in [3.63, 3.8) is 0 Å². The first-order chi connectivity index (χ1) is 15.8. The standard InChI is InChI=1S/C23H23ClN2O6S/c1-30-17-10-11-20(22(14-17)32-3)25-23(27)15-26(16-9-12-21(31-2)19(24)13-16)33(28,29)18-7-5-4-6-8-18/h4-14H,15H2,1-3H3,(H,25,27). The molecule has 0 saturated heterocycles. The molecule has 0 heterocycles. The van der Waals surface area contributed by atoms with Crippen LogP contribution >= 0.6 is 11.6 Å². The number of hydrogen-bond donors (Lipinski definition) is 1. The molecule has 0 fully saturated rings. The van der Waals surface area contributed by atoms with Crippen LogP contribution in [0.4, 0.5) is 11.4 Å². The summed E-state index contributed by atoms with van der Waals surface area (Å²) in [5, 5.41) is 2.90. The molecule has 33 heavy (non-hydrogen) atoms. The first kappa shape index (κ1) is 24.2. The number of rotatable bonds is 9. The van der Waals surface area contributed by atoms with Gasteiger partial charge in [-0.15, -0.1) is 0 Å². The highest BCUT2D eigenvalue weighted by molar-refractivity contribution is 7.92. The third kappa shape index (κ3) is 5.50. The van der Waals surface area contributed by atoms with Gasteiger partial charge in [-0.25, -0.2) is 8.42 Å². The molecule has 3 aromatic carbocycles. The molecule has 0 aliphatic carbocycles. The molecule has 3 aromatic rings. The van der Waals surface area contributed by atoms with Crippen molar-refractivity contribution in [2.24, 2.45) is 0 Å². The summed E-state index contributed by atoms with van der Waals surface area (Å²) in [5.74, 6) is 0.716. The van der Waals surface area contributed by atoms with Crippen molar-refractivity contribution in [2.75, 3.05) is 37.5 Å². The van der Waals surface area contributed by atoms with E-state index in [1.807, 2.05) is 0 Å². The van der Waals surface area contributed by atoms with Crippen LogP contribution in [0.15, 0.2) is 71.6 Å². The van der Waals surface area contributed by atoms with E-state index < -0.39 is 22.5 Å². The van der Waals surface area contributed by atoms with E-state index in [9.17, 15) is 13.2 Å². The van der Waals surface area contributed by atoms with E-state index in [4.69, 9.17) is 25.8 Å². The average Bonchev–Trinajstić information content (AvgIpc) is 2.83. The van der Waals surface area contributed by atoms with Gasteiger partial charge in [-0.3, -0.25) is 9.10 Å². The number of anilines is 2. The predicted octanol–water partition coefficient (Wildman–Crippen LogP) is 4.20. The molecule has 174 valence electrons. The second-order valence-corrected chi connectivity index (χ2v) is 9.03. The topological polar surface area (TPSA) is 94.2 Å². The summed E-state index contributed by atoms with van der Waals surface area (Å²) in [7, 11) is 0.339. The van der Waals surface area contributed by atoms with Crippen LogP contribution in [0.25, 0.3) is 0 Å². The highest BCUT2D eigenvalue weighted by atomic mass is 35.5. The number of methoxy groups -OCH3 is 3. The molecule has 0 unspecified atom stereocenters. The number of benzene rings is 3. The summed E-state index contributed by atoms with van der Waals surface area (Å²) in [4.78, 5) is 13.0. The van der Waals surface area contributed by atoms with Gasteiger partial charge < -0.3 is 19.5 Å². The predicted molar refractivity (Wildman–Crippen MR) is 127 cm³/mol. The Hall–Kier alpha value is -3.43. The molecule has 0 spiro atoms. The van der Waals surface area contributed by atoms with Gasteiger partial charge in [-0.05, 0) is 42.5 Å². The van der Waals surface area contributed by atoms with Crippen molar-refractivity contribution >= 4 is 38.9 Å². The number of ether oxygens (including phenoxy) is 3. The number of sulfonamides is 1. The minimum atomic E-state index is -4.08. The Morgan fingerprint density at radius 3 is 2.21 bits per heavy atom. The van der Waals surface area contributed by atoms with Crippen LogP contribution in [-0.4, -0.2) is 42.2 Å². The van der Waals surface area contributed by atoms with Crippen LogP contribution in [0.1, 0.15) is 0 Å². The Balaban J connectivity index is 1.97. The van der Waals surface area contributed by atoms with Crippen molar-refractivity contribution < 1.29 is 27.4 Å². The SMILES string of the molecule is COc1ccc(NC(=O)CN(c2ccc(OC)c(Cl)c2)S(=O)(=O)c2ccccc2)c(OC)c1. The van der Waals surface area contributed by atoms with Crippen molar-refractivity contribution in [2.45, 2.75) is 4.90 Å². The highest BCUT2D eigenvalue weighted by Crippen LogP contribution is 2.33. The van der Waals surface area contributed by atoms with Crippen LogP contribution in [0.5, 0.6) is 17.2 Å². The van der Waals surface area contributed by atoms with Gasteiger partial charge in [0.25, 0.3) is 10.0 Å². The van der Waals surface area contributed by atoms with Crippen molar-refractivity contribution in [3.8, 4) is 17.2 Å². The molecule has 0 radical (unpaired) electrons. The number of nitrogens with one attached hydrogen (secondary N) is 1. The largest absolute Gasteiger partial charge is 0.497 e. The number of carbonyl (C=O) groups is 1. The molecule has 0 saturated carbocycles. The van der Waals surface area contributed by atoms with Crippen LogP contribution in [0, 0.1) is 0 Å². The summed E-state index contributed by atoms with van der Waals surface area (Å²) in [6.45, 7) is -0.505. The fraction of sp³-hybridized carbons (Fsp3) is 0.174. The maximum Gasteiger partial charge on any atom is 0.264 e. The van der Waals surface area contributed by atoms with Crippen LogP contribution in [0.2, 0.25) is 5.02 Å². The van der Waals surface area contributed by atoms with Crippen LogP contribution < -0.4 is 23.8 Å². The third-order valence-corrected chi connectivity index (χ3v) is 6.81. The monoisotopic (exact) mass is 490 g/mol. The van der Waals surface area contributed by atoms with Crippen LogP contribution in [-0.2, 0) is 14.8 Å². The zero-order valence-corrected chi connectivity index (χ0v) is 19.8. The molecule has 0 aliphatic rings. The Bertz CT molecular complexity index is 1230. The zero-order valence-electron chi connectivity index (χ0n) is 18.2. The maximum absolute atomic E-state index is 13.4. The van der Waals surface area contributed by atoms with Crippen LogP contribution in [0.3, 0.4) is 0 Å². The second-order valence-electron chi connectivity index (χ2n) is 6.76. The normalized spacial score (nSPS) is 10.9. The van der Waals surface area contributed by atoms with E-state index in [1.54, 1.807) is 36.4 Å². The molecule has 0 atom stereocenters. The first-order valence-electron chi connectivity index (χ1n) is 9.73. The number of carbonyl (C=O) groups excluding carboxylic acids is 1. The minimum Gasteiger partial charge on any atom is -0.497 e. The van der Waals surface area contributed by atoms with Gasteiger partial charge in [0, 0.05) is 6.07 Å². The lowest BCUT2D eigenvalue weighted by Gasteiger charge is -2.25. The summed E-state index contributed by atoms with van der Waals surface area (Å²) in [6.07, 6.45) is 0. The molecule has 3 rings (SSSR count). The Kier molecular flexibility index (Phi) is 7.67. The first-order valence-corrected chi connectivity index (χ1v) is 11.5. The van der Waals surface area contributed by atoms with E-state index in [2.05, 4.69) is 5.32 Å². The fourth-order valence-corrected chi connectivity index (χ4v) is 4.75. The lowest BCUT2D eigenvalue weighted by molar-refractivity contribution is -0.114. The zero-order chi connectivity index (χ0) is 24.0. The van der Waals surface area contributed by atoms with Gasteiger partial charge in [-0.1, -0.05) is 29.8 Å². The number of halogens is 1. The Labute approximate surface area is 197 Å². The Morgan fingerprint density at radius 2 is 1.61 bits per heavy atom. The Morgan fingerprint density at radius 1 is 0.909 bits per heavy atom. The van der Waals surface area contributed by atoms with Gasteiger partial charge in [0.2, 0.25) is 5.91 Å². The van der Waals surface area contributed by atoms with E-state index in [0.29, 0.717) is 22.9 Å². The van der Waals surface area contributed by atoms with E-state index in [-0.39, 0.29) is 15.6 Å². The number of hydrogen-bond acceptors (Lipinski definition) is 6. The molecule has 0 aliphatic heterocycles. The van der Waals surface area contributed by atoms with Crippen molar-refractivity contribution in [3.05, 3.63) is 71.8 Å². The molecule has 8 nitrogen and oxygen atoms in total. The lowest BCUT2D eigenvalue weighted by Crippen LogP contribution is -2.38. The van der Waals surface area contributed by atoms with E-state index in [0.717, 1.165) is 4.31 Å². The van der Waals surface area contributed by atoms with Crippen molar-refractivity contribution in [1.29, 1.82) is 0 Å². The van der Waals surface area contributed by atoms with Gasteiger partial charge >= 0.3 is 0 Å². The molecule has 10 heteroatoms.